The number of nitrogens with one attached hydrogen (secondary N) is 2. The Balaban J connectivity index is 1.81. The van der Waals surface area contributed by atoms with Gasteiger partial charge in [-0.2, -0.15) is 0 Å². The summed E-state index contributed by atoms with van der Waals surface area (Å²) in [7, 11) is -3.93. The summed E-state index contributed by atoms with van der Waals surface area (Å²) >= 11 is 0. The smallest absolute Gasteiger partial charge is 0.212 e. The van der Waals surface area contributed by atoms with E-state index in [0.29, 0.717) is 24.3 Å². The zero-order valence-electron chi connectivity index (χ0n) is 10.6. The van der Waals surface area contributed by atoms with Gasteiger partial charge in [0.15, 0.2) is 0 Å². The van der Waals surface area contributed by atoms with Gasteiger partial charge in [-0.25, -0.2) is 13.1 Å². The van der Waals surface area contributed by atoms with E-state index in [1.54, 1.807) is 0 Å². The summed E-state index contributed by atoms with van der Waals surface area (Å²) in [6.45, 7) is 1.80. The molecule has 1 unspecified atom stereocenters. The summed E-state index contributed by atoms with van der Waals surface area (Å²) in [6, 6.07) is -0.00995. The third kappa shape index (κ3) is 4.60. The van der Waals surface area contributed by atoms with Crippen LogP contribution < -0.4 is 10.0 Å². The van der Waals surface area contributed by atoms with Crippen molar-refractivity contribution in [2.75, 3.05) is 30.3 Å². The fourth-order valence-electron chi connectivity index (χ4n) is 2.59. The zero-order chi connectivity index (χ0) is 13.0. The molecule has 0 aliphatic carbocycles. The predicted octanol–water partition coefficient (Wildman–Crippen LogP) is -0.183. The van der Waals surface area contributed by atoms with E-state index >= 15 is 0 Å². The molecule has 0 radical (unpaired) electrons. The van der Waals surface area contributed by atoms with E-state index < -0.39 is 20.8 Å². The van der Waals surface area contributed by atoms with Gasteiger partial charge in [0.25, 0.3) is 0 Å². The van der Waals surface area contributed by atoms with Crippen molar-refractivity contribution in [2.24, 2.45) is 5.92 Å². The second-order valence-electron chi connectivity index (χ2n) is 5.23. The van der Waals surface area contributed by atoms with Crippen LogP contribution in [0.4, 0.5) is 0 Å². The van der Waals surface area contributed by atoms with Crippen LogP contribution in [-0.4, -0.2) is 49.0 Å². The van der Waals surface area contributed by atoms with Crippen LogP contribution in [0.1, 0.15) is 25.7 Å². The molecule has 18 heavy (non-hydrogen) atoms. The summed E-state index contributed by atoms with van der Waals surface area (Å²) in [4.78, 5) is 0. The van der Waals surface area contributed by atoms with E-state index in [9.17, 15) is 12.6 Å². The monoisotopic (exact) mass is 294 g/mol. The summed E-state index contributed by atoms with van der Waals surface area (Å²) in [6.07, 6.45) is 3.45. The highest BCUT2D eigenvalue weighted by Gasteiger charge is 2.26. The molecule has 0 aromatic carbocycles. The molecule has 2 N–H and O–H groups in total. The third-order valence-corrected chi connectivity index (χ3v) is 6.57. The molecule has 0 aromatic heterocycles. The van der Waals surface area contributed by atoms with Crippen LogP contribution >= 0.6 is 0 Å². The lowest BCUT2D eigenvalue weighted by Crippen LogP contribution is -2.43. The standard InChI is InChI=1S/C11H22N2O3S2/c14-17-6-3-11(4-7-17)13-18(15,16)9-10-2-1-5-12-8-10/h10-13H,1-9H2. The zero-order valence-corrected chi connectivity index (χ0v) is 12.2. The Kier molecular flexibility index (Phi) is 5.17. The lowest BCUT2D eigenvalue weighted by atomic mass is 10.0. The van der Waals surface area contributed by atoms with Gasteiger partial charge in [0.2, 0.25) is 10.0 Å². The SMILES string of the molecule is O=S1CCC(NS(=O)(=O)CC2CCCNC2)CC1. The van der Waals surface area contributed by atoms with E-state index in [0.717, 1.165) is 25.9 Å². The van der Waals surface area contributed by atoms with Gasteiger partial charge in [0.1, 0.15) is 0 Å². The fourth-order valence-corrected chi connectivity index (χ4v) is 5.63. The van der Waals surface area contributed by atoms with Crippen LogP contribution in [0.2, 0.25) is 0 Å². The summed E-state index contributed by atoms with van der Waals surface area (Å²) in [5, 5.41) is 3.23. The highest BCUT2D eigenvalue weighted by molar-refractivity contribution is 7.89. The number of hydrogen-bond donors (Lipinski definition) is 2. The van der Waals surface area contributed by atoms with Crippen molar-refractivity contribution in [1.29, 1.82) is 0 Å². The molecule has 2 aliphatic heterocycles. The molecule has 0 amide bonds. The minimum atomic E-state index is -3.19. The van der Waals surface area contributed by atoms with E-state index in [-0.39, 0.29) is 17.7 Å². The van der Waals surface area contributed by atoms with Crippen LogP contribution in [0, 0.1) is 5.92 Å². The molecule has 0 spiro atoms. The van der Waals surface area contributed by atoms with Crippen LogP contribution in [0.25, 0.3) is 0 Å². The van der Waals surface area contributed by atoms with Crippen molar-refractivity contribution >= 4 is 20.8 Å². The van der Waals surface area contributed by atoms with Crippen molar-refractivity contribution in [3.63, 3.8) is 0 Å². The molecule has 2 heterocycles. The Morgan fingerprint density at radius 2 is 1.94 bits per heavy atom. The van der Waals surface area contributed by atoms with E-state index in [1.807, 2.05) is 0 Å². The maximum Gasteiger partial charge on any atom is 0.212 e. The first-order valence-corrected chi connectivity index (χ1v) is 9.75. The first-order chi connectivity index (χ1) is 8.55. The Bertz CT molecular complexity index is 381. The van der Waals surface area contributed by atoms with Gasteiger partial charge in [0.05, 0.1) is 5.75 Å². The van der Waals surface area contributed by atoms with Crippen LogP contribution in [-0.2, 0) is 20.8 Å². The first kappa shape index (κ1) is 14.4. The lowest BCUT2D eigenvalue weighted by molar-refractivity contribution is 0.401. The van der Waals surface area contributed by atoms with Gasteiger partial charge in [-0.1, -0.05) is 0 Å². The van der Waals surface area contributed by atoms with Crippen LogP contribution in [0.5, 0.6) is 0 Å². The fraction of sp³-hybridized carbons (Fsp3) is 1.00. The molecule has 0 bridgehead atoms. The minimum Gasteiger partial charge on any atom is -0.316 e. The topological polar surface area (TPSA) is 75.3 Å². The number of rotatable bonds is 4. The van der Waals surface area contributed by atoms with Crippen molar-refractivity contribution < 1.29 is 12.6 Å². The maximum absolute atomic E-state index is 12.0. The van der Waals surface area contributed by atoms with Gasteiger partial charge in [-0.3, -0.25) is 4.21 Å². The summed E-state index contributed by atoms with van der Waals surface area (Å²) in [5.74, 6) is 1.70. The molecule has 5 nitrogen and oxygen atoms in total. The van der Waals surface area contributed by atoms with Crippen molar-refractivity contribution in [3.8, 4) is 0 Å². The second-order valence-corrected chi connectivity index (χ2v) is 8.73. The Morgan fingerprint density at radius 1 is 1.22 bits per heavy atom. The maximum atomic E-state index is 12.0. The average molecular weight is 294 g/mol. The van der Waals surface area contributed by atoms with Crippen molar-refractivity contribution in [2.45, 2.75) is 31.7 Å². The van der Waals surface area contributed by atoms with E-state index in [1.165, 1.54) is 0 Å². The number of sulfonamides is 1. The quantitative estimate of drug-likeness (QED) is 0.754. The van der Waals surface area contributed by atoms with Crippen LogP contribution in [0.3, 0.4) is 0 Å². The molecule has 2 saturated heterocycles. The predicted molar refractivity (Wildman–Crippen MR) is 73.4 cm³/mol. The third-order valence-electron chi connectivity index (χ3n) is 3.59. The Morgan fingerprint density at radius 3 is 2.56 bits per heavy atom. The van der Waals surface area contributed by atoms with Gasteiger partial charge < -0.3 is 5.32 Å². The van der Waals surface area contributed by atoms with Gasteiger partial charge in [-0.05, 0) is 44.7 Å². The summed E-state index contributed by atoms with van der Waals surface area (Å²) < 4.78 is 38.1. The second kappa shape index (κ2) is 6.45. The molecule has 2 aliphatic rings. The van der Waals surface area contributed by atoms with Gasteiger partial charge >= 0.3 is 0 Å². The first-order valence-electron chi connectivity index (χ1n) is 6.61. The molecular weight excluding hydrogens is 272 g/mol. The lowest BCUT2D eigenvalue weighted by Gasteiger charge is -2.26. The van der Waals surface area contributed by atoms with E-state index in [4.69, 9.17) is 0 Å². The normalized spacial score (nSPS) is 34.3. The molecular formula is C11H22N2O3S2. The average Bonchev–Trinajstić information content (AvgIpc) is 2.32. The summed E-state index contributed by atoms with van der Waals surface area (Å²) in [5.41, 5.74) is 0. The van der Waals surface area contributed by atoms with Crippen molar-refractivity contribution in [3.05, 3.63) is 0 Å². The largest absolute Gasteiger partial charge is 0.316 e. The Labute approximate surface area is 112 Å². The molecule has 1 atom stereocenters. The highest BCUT2D eigenvalue weighted by Crippen LogP contribution is 2.14. The van der Waals surface area contributed by atoms with Crippen molar-refractivity contribution in [1.82, 2.24) is 10.0 Å². The molecule has 7 heteroatoms. The molecule has 0 aromatic rings. The van der Waals surface area contributed by atoms with Gasteiger partial charge in [-0.15, -0.1) is 0 Å². The highest BCUT2D eigenvalue weighted by atomic mass is 32.2. The van der Waals surface area contributed by atoms with Gasteiger partial charge in [0, 0.05) is 28.3 Å². The van der Waals surface area contributed by atoms with E-state index in [2.05, 4.69) is 10.0 Å². The van der Waals surface area contributed by atoms with Crippen LogP contribution in [0.15, 0.2) is 0 Å². The number of hydrogen-bond acceptors (Lipinski definition) is 4. The molecule has 2 rings (SSSR count). The number of piperidine rings is 1. The molecule has 106 valence electrons. The Hall–Kier alpha value is 0.0200. The molecule has 0 saturated carbocycles. The minimum absolute atomic E-state index is 0.00995. The molecule has 2 fully saturated rings.